The number of carbonyl (C=O) groups is 1. The van der Waals surface area contributed by atoms with Crippen LogP contribution in [0, 0.1) is 0 Å². The average molecular weight is 241 g/mol. The quantitative estimate of drug-likeness (QED) is 0.784. The smallest absolute Gasteiger partial charge is 0.185 e. The van der Waals surface area contributed by atoms with Crippen molar-refractivity contribution < 1.29 is 11.3 Å². The fourth-order valence-electron chi connectivity index (χ4n) is 2.10. The van der Waals surface area contributed by atoms with Crippen molar-refractivity contribution in [3.05, 3.63) is 34.9 Å². The molecule has 86 valence electrons. The van der Waals surface area contributed by atoms with E-state index in [1.54, 1.807) is 24.3 Å². The van der Waals surface area contributed by atoms with E-state index in [0.717, 1.165) is 0 Å². The van der Waals surface area contributed by atoms with E-state index in [0.29, 0.717) is 23.4 Å². The van der Waals surface area contributed by atoms with Crippen LogP contribution in [0.5, 0.6) is 0 Å². The molecular formula is C12H14ClNO2. The minimum atomic E-state index is -2.10. The first-order valence-corrected chi connectivity index (χ1v) is 5.57. The van der Waals surface area contributed by atoms with E-state index in [1.807, 2.05) is 0 Å². The number of benzene rings is 1. The standard InChI is InChI=1S/C12H14ClNO2/c13-9-5-2-1-4-8(9)12(14)7-3-6-10(15)11(12)16/h1-2,4-5,10,15H,3,6-7,14H2/i10D. The lowest BCUT2D eigenvalue weighted by Gasteiger charge is -2.35. The summed E-state index contributed by atoms with van der Waals surface area (Å²) in [5, 5.41) is 10.1. The van der Waals surface area contributed by atoms with Gasteiger partial charge in [0.05, 0.1) is 1.37 Å². The van der Waals surface area contributed by atoms with E-state index in [4.69, 9.17) is 18.7 Å². The predicted octanol–water partition coefficient (Wildman–Crippen LogP) is 1.61. The van der Waals surface area contributed by atoms with Crippen LogP contribution in [0.15, 0.2) is 24.3 Å². The van der Waals surface area contributed by atoms with Crippen molar-refractivity contribution in [2.24, 2.45) is 5.73 Å². The number of rotatable bonds is 1. The van der Waals surface area contributed by atoms with Crippen LogP contribution in [0.3, 0.4) is 0 Å². The average Bonchev–Trinajstić information content (AvgIpc) is 2.26. The Morgan fingerprint density at radius 1 is 1.56 bits per heavy atom. The van der Waals surface area contributed by atoms with E-state index in [9.17, 15) is 9.90 Å². The highest BCUT2D eigenvalue weighted by Crippen LogP contribution is 2.35. The van der Waals surface area contributed by atoms with Gasteiger partial charge in [-0.25, -0.2) is 0 Å². The molecule has 0 aliphatic heterocycles. The van der Waals surface area contributed by atoms with Crippen molar-refractivity contribution in [2.75, 3.05) is 0 Å². The molecule has 4 heteroatoms. The molecule has 1 saturated carbocycles. The molecule has 2 rings (SSSR count). The Morgan fingerprint density at radius 2 is 2.25 bits per heavy atom. The molecule has 1 aliphatic carbocycles. The summed E-state index contributed by atoms with van der Waals surface area (Å²) in [6.45, 7) is 0. The van der Waals surface area contributed by atoms with Crippen molar-refractivity contribution in [2.45, 2.75) is 30.9 Å². The normalized spacial score (nSPS) is 35.9. The molecule has 1 fully saturated rings. The lowest BCUT2D eigenvalue weighted by molar-refractivity contribution is -0.136. The predicted molar refractivity (Wildman–Crippen MR) is 62.2 cm³/mol. The molecule has 0 saturated heterocycles. The fraction of sp³-hybridized carbons (Fsp3) is 0.417. The van der Waals surface area contributed by atoms with E-state index in [2.05, 4.69) is 0 Å². The first-order chi connectivity index (χ1) is 7.88. The lowest BCUT2D eigenvalue weighted by Crippen LogP contribution is -2.52. The second kappa shape index (κ2) is 4.17. The fourth-order valence-corrected chi connectivity index (χ4v) is 2.40. The van der Waals surface area contributed by atoms with Gasteiger partial charge in [0.25, 0.3) is 0 Å². The maximum Gasteiger partial charge on any atom is 0.185 e. The number of aliphatic hydroxyl groups is 1. The van der Waals surface area contributed by atoms with Gasteiger partial charge in [-0.15, -0.1) is 0 Å². The van der Waals surface area contributed by atoms with Crippen LogP contribution >= 0.6 is 11.6 Å². The molecular weight excluding hydrogens is 226 g/mol. The van der Waals surface area contributed by atoms with Crippen LogP contribution in [0.1, 0.15) is 26.2 Å². The van der Waals surface area contributed by atoms with E-state index < -0.39 is 17.4 Å². The lowest BCUT2D eigenvalue weighted by atomic mass is 9.75. The number of Topliss-reactive ketones (excluding diaryl/α,β-unsaturated/α-hetero) is 1. The molecule has 0 bridgehead atoms. The third-order valence-electron chi connectivity index (χ3n) is 3.01. The van der Waals surface area contributed by atoms with Crippen LogP contribution in [0.2, 0.25) is 5.02 Å². The number of carbonyl (C=O) groups excluding carboxylic acids is 1. The Morgan fingerprint density at radius 3 is 2.94 bits per heavy atom. The highest BCUT2D eigenvalue weighted by Gasteiger charge is 2.43. The molecule has 1 aromatic carbocycles. The summed E-state index contributed by atoms with van der Waals surface area (Å²) < 4.78 is 7.59. The second-order valence-corrected chi connectivity index (χ2v) is 4.49. The van der Waals surface area contributed by atoms with Gasteiger partial charge in [0.2, 0.25) is 0 Å². The number of hydrogen-bond donors (Lipinski definition) is 2. The highest BCUT2D eigenvalue weighted by molar-refractivity contribution is 6.31. The zero-order chi connectivity index (χ0) is 12.7. The zero-order valence-corrected chi connectivity index (χ0v) is 9.50. The van der Waals surface area contributed by atoms with Crippen molar-refractivity contribution in [1.82, 2.24) is 0 Å². The Kier molecular flexibility index (Phi) is 2.67. The molecule has 0 amide bonds. The first kappa shape index (κ1) is 10.3. The van der Waals surface area contributed by atoms with Gasteiger partial charge in [0.1, 0.15) is 11.6 Å². The van der Waals surface area contributed by atoms with Gasteiger partial charge < -0.3 is 10.8 Å². The third kappa shape index (κ3) is 1.75. The summed E-state index contributed by atoms with van der Waals surface area (Å²) in [6, 6.07) is 6.80. The third-order valence-corrected chi connectivity index (χ3v) is 3.34. The van der Waals surface area contributed by atoms with E-state index >= 15 is 0 Å². The molecule has 2 atom stereocenters. The van der Waals surface area contributed by atoms with Gasteiger partial charge in [-0.05, 0) is 30.9 Å². The van der Waals surface area contributed by atoms with Crippen molar-refractivity contribution in [3.63, 3.8) is 0 Å². The van der Waals surface area contributed by atoms with Crippen molar-refractivity contribution in [1.29, 1.82) is 0 Å². The minimum absolute atomic E-state index is 0.120. The molecule has 1 aromatic rings. The van der Waals surface area contributed by atoms with E-state index in [-0.39, 0.29) is 6.42 Å². The van der Waals surface area contributed by atoms with Gasteiger partial charge >= 0.3 is 0 Å². The minimum Gasteiger partial charge on any atom is -0.385 e. The summed E-state index contributed by atoms with van der Waals surface area (Å²) in [6.07, 6.45) is -1.06. The molecule has 2 unspecified atom stereocenters. The van der Waals surface area contributed by atoms with Gasteiger partial charge in [-0.1, -0.05) is 29.8 Å². The SMILES string of the molecule is [2H]C1(O)CCCC(N)(c2ccccc2Cl)C1=O. The molecule has 3 nitrogen and oxygen atoms in total. The van der Waals surface area contributed by atoms with Gasteiger partial charge in [0.15, 0.2) is 5.78 Å². The summed E-state index contributed by atoms with van der Waals surface area (Å²) in [7, 11) is 0. The van der Waals surface area contributed by atoms with E-state index in [1.165, 1.54) is 0 Å². The second-order valence-electron chi connectivity index (χ2n) is 4.08. The Bertz CT molecular complexity index is 464. The maximum absolute atomic E-state index is 12.1. The topological polar surface area (TPSA) is 63.3 Å². The van der Waals surface area contributed by atoms with Crippen LogP contribution in [-0.2, 0) is 10.3 Å². The number of ketones is 1. The summed E-state index contributed by atoms with van der Waals surface area (Å²) in [4.78, 5) is 12.1. The number of halogens is 1. The Balaban J connectivity index is 2.49. The van der Waals surface area contributed by atoms with Gasteiger partial charge in [0, 0.05) is 5.02 Å². The Hall–Kier alpha value is -0.900. The molecule has 0 aromatic heterocycles. The summed E-state index contributed by atoms with van der Waals surface area (Å²) in [5.41, 5.74) is 5.22. The highest BCUT2D eigenvalue weighted by atomic mass is 35.5. The molecule has 16 heavy (non-hydrogen) atoms. The van der Waals surface area contributed by atoms with Crippen LogP contribution < -0.4 is 5.73 Å². The van der Waals surface area contributed by atoms with Gasteiger partial charge in [-0.3, -0.25) is 4.79 Å². The van der Waals surface area contributed by atoms with Crippen molar-refractivity contribution in [3.8, 4) is 0 Å². The number of hydrogen-bond acceptors (Lipinski definition) is 3. The monoisotopic (exact) mass is 240 g/mol. The summed E-state index contributed by atoms with van der Waals surface area (Å²) >= 11 is 6.03. The summed E-state index contributed by atoms with van der Waals surface area (Å²) in [5.74, 6) is -0.677. The number of nitrogens with two attached hydrogens (primary N) is 1. The largest absolute Gasteiger partial charge is 0.385 e. The van der Waals surface area contributed by atoms with Crippen LogP contribution in [0.4, 0.5) is 0 Å². The molecule has 1 aliphatic rings. The molecule has 0 radical (unpaired) electrons. The van der Waals surface area contributed by atoms with Gasteiger partial charge in [-0.2, -0.15) is 0 Å². The first-order valence-electron chi connectivity index (χ1n) is 5.69. The van der Waals surface area contributed by atoms with Crippen molar-refractivity contribution >= 4 is 17.4 Å². The van der Waals surface area contributed by atoms with Crippen LogP contribution in [0.25, 0.3) is 0 Å². The Labute approximate surface area is 101 Å². The maximum atomic E-state index is 12.1. The molecule has 0 heterocycles. The molecule has 0 spiro atoms. The van der Waals surface area contributed by atoms with Crippen LogP contribution in [-0.4, -0.2) is 17.0 Å². The zero-order valence-electron chi connectivity index (χ0n) is 9.74. The molecule has 3 N–H and O–H groups in total.